The average molecular weight is 312 g/mol. The van der Waals surface area contributed by atoms with Crippen molar-refractivity contribution in [1.29, 1.82) is 0 Å². The summed E-state index contributed by atoms with van der Waals surface area (Å²) >= 11 is 0. The molecule has 1 fully saturated rings. The zero-order valence-electron chi connectivity index (χ0n) is 11.9. The van der Waals surface area contributed by atoms with Crippen LogP contribution >= 0.6 is 0 Å². The van der Waals surface area contributed by atoms with Crippen molar-refractivity contribution in [1.82, 2.24) is 4.31 Å². The van der Waals surface area contributed by atoms with Gasteiger partial charge in [0.15, 0.2) is 0 Å². The van der Waals surface area contributed by atoms with Crippen LogP contribution in [0.5, 0.6) is 5.75 Å². The molecule has 21 heavy (non-hydrogen) atoms. The van der Waals surface area contributed by atoms with Gasteiger partial charge >= 0.3 is 0 Å². The number of rotatable bonds is 4. The lowest BCUT2D eigenvalue weighted by Crippen LogP contribution is -2.32. The molecule has 6 nitrogen and oxygen atoms in total. The predicted octanol–water partition coefficient (Wildman–Crippen LogP) is 0.623. The van der Waals surface area contributed by atoms with Gasteiger partial charge in [0.1, 0.15) is 10.6 Å². The Labute approximate surface area is 124 Å². The third kappa shape index (κ3) is 3.36. The van der Waals surface area contributed by atoms with E-state index >= 15 is 0 Å². The molecule has 7 heteroatoms. The third-order valence-corrected chi connectivity index (χ3v) is 5.50. The van der Waals surface area contributed by atoms with Crippen molar-refractivity contribution >= 4 is 16.0 Å². The van der Waals surface area contributed by atoms with Gasteiger partial charge in [-0.15, -0.1) is 0 Å². The first-order valence-corrected chi connectivity index (χ1v) is 8.30. The SMILES string of the molecule is COc1ccc(C(=O)[O-])cc1S(=O)(=O)N1CCCCCC1. The Morgan fingerprint density at radius 3 is 2.33 bits per heavy atom. The number of nitrogens with zero attached hydrogens (tertiary/aromatic N) is 1. The number of methoxy groups -OCH3 is 1. The van der Waals surface area contributed by atoms with Crippen LogP contribution in [0.25, 0.3) is 0 Å². The lowest BCUT2D eigenvalue weighted by molar-refractivity contribution is -0.255. The summed E-state index contributed by atoms with van der Waals surface area (Å²) < 4.78 is 31.9. The molecule has 1 aliphatic heterocycles. The second kappa shape index (κ2) is 6.44. The topological polar surface area (TPSA) is 86.7 Å². The van der Waals surface area contributed by atoms with E-state index in [1.165, 1.54) is 23.5 Å². The van der Waals surface area contributed by atoms with E-state index in [0.29, 0.717) is 13.1 Å². The number of hydrogen-bond acceptors (Lipinski definition) is 5. The van der Waals surface area contributed by atoms with E-state index in [1.807, 2.05) is 0 Å². The fourth-order valence-electron chi connectivity index (χ4n) is 2.43. The summed E-state index contributed by atoms with van der Waals surface area (Å²) in [6.07, 6.45) is 3.62. The summed E-state index contributed by atoms with van der Waals surface area (Å²) in [5.74, 6) is -1.27. The minimum Gasteiger partial charge on any atom is -0.545 e. The Kier molecular flexibility index (Phi) is 4.84. The van der Waals surface area contributed by atoms with E-state index in [4.69, 9.17) is 4.74 Å². The lowest BCUT2D eigenvalue weighted by Gasteiger charge is -2.21. The van der Waals surface area contributed by atoms with E-state index < -0.39 is 16.0 Å². The normalized spacial score (nSPS) is 17.2. The third-order valence-electron chi connectivity index (χ3n) is 3.58. The molecule has 116 valence electrons. The largest absolute Gasteiger partial charge is 0.545 e. The molecule has 0 aromatic heterocycles. The molecule has 0 unspecified atom stereocenters. The Bertz CT molecular complexity index is 618. The molecular formula is C14H18NO5S-. The number of hydrogen-bond donors (Lipinski definition) is 0. The maximum atomic E-state index is 12.7. The number of sulfonamides is 1. The minimum atomic E-state index is -3.77. The van der Waals surface area contributed by atoms with Gasteiger partial charge in [-0.1, -0.05) is 12.8 Å². The second-order valence-corrected chi connectivity index (χ2v) is 6.88. The fraction of sp³-hybridized carbons (Fsp3) is 0.500. The summed E-state index contributed by atoms with van der Waals surface area (Å²) in [5, 5.41) is 11.0. The van der Waals surface area contributed by atoms with Crippen LogP contribution < -0.4 is 9.84 Å². The monoisotopic (exact) mass is 312 g/mol. The minimum absolute atomic E-state index is 0.117. The molecule has 1 aliphatic rings. The van der Waals surface area contributed by atoms with Crippen LogP contribution in [0.2, 0.25) is 0 Å². The molecule has 0 N–H and O–H groups in total. The number of carboxylic acid groups (broad SMARTS) is 1. The zero-order valence-corrected chi connectivity index (χ0v) is 12.7. The smallest absolute Gasteiger partial charge is 0.246 e. The number of carbonyl (C=O) groups is 1. The van der Waals surface area contributed by atoms with Gasteiger partial charge in [0.2, 0.25) is 10.0 Å². The molecule has 0 radical (unpaired) electrons. The Morgan fingerprint density at radius 1 is 1.19 bits per heavy atom. The number of benzene rings is 1. The van der Waals surface area contributed by atoms with Crippen LogP contribution in [0.3, 0.4) is 0 Å². The van der Waals surface area contributed by atoms with Gasteiger partial charge in [0, 0.05) is 13.1 Å². The summed E-state index contributed by atoms with van der Waals surface area (Å²) in [5.41, 5.74) is -0.177. The molecule has 1 saturated heterocycles. The fourth-order valence-corrected chi connectivity index (χ4v) is 4.12. The van der Waals surface area contributed by atoms with E-state index in [0.717, 1.165) is 31.7 Å². The van der Waals surface area contributed by atoms with Crippen molar-refractivity contribution in [3.8, 4) is 5.75 Å². The Balaban J connectivity index is 2.46. The highest BCUT2D eigenvalue weighted by Crippen LogP contribution is 2.29. The molecule has 0 amide bonds. The summed E-state index contributed by atoms with van der Waals surface area (Å²) in [4.78, 5) is 10.8. The van der Waals surface area contributed by atoms with Gasteiger partial charge in [-0.3, -0.25) is 0 Å². The van der Waals surface area contributed by atoms with E-state index in [2.05, 4.69) is 0 Å². The molecule has 2 rings (SSSR count). The summed E-state index contributed by atoms with van der Waals surface area (Å²) in [6.45, 7) is 0.891. The number of ether oxygens (including phenoxy) is 1. The van der Waals surface area contributed by atoms with E-state index in [-0.39, 0.29) is 16.2 Å². The van der Waals surface area contributed by atoms with Crippen LogP contribution in [0.4, 0.5) is 0 Å². The summed E-state index contributed by atoms with van der Waals surface area (Å²) in [6, 6.07) is 3.72. The number of aromatic carboxylic acids is 1. The maximum Gasteiger partial charge on any atom is 0.246 e. The molecule has 1 heterocycles. The summed E-state index contributed by atoms with van der Waals surface area (Å²) in [7, 11) is -2.41. The highest BCUT2D eigenvalue weighted by molar-refractivity contribution is 7.89. The molecule has 0 saturated carbocycles. The van der Waals surface area contributed by atoms with Gasteiger partial charge in [0.05, 0.1) is 13.1 Å². The van der Waals surface area contributed by atoms with E-state index in [1.54, 1.807) is 0 Å². The highest BCUT2D eigenvalue weighted by Gasteiger charge is 2.28. The highest BCUT2D eigenvalue weighted by atomic mass is 32.2. The molecule has 0 aliphatic carbocycles. The van der Waals surface area contributed by atoms with Crippen molar-refractivity contribution in [3.05, 3.63) is 23.8 Å². The average Bonchev–Trinajstić information content (AvgIpc) is 2.76. The quantitative estimate of drug-likeness (QED) is 0.813. The second-order valence-electron chi connectivity index (χ2n) is 4.97. The predicted molar refractivity (Wildman–Crippen MR) is 74.6 cm³/mol. The van der Waals surface area contributed by atoms with Crippen LogP contribution in [0, 0.1) is 0 Å². The number of carbonyl (C=O) groups excluding carboxylic acids is 1. The number of carboxylic acids is 1. The van der Waals surface area contributed by atoms with Gasteiger partial charge in [0.25, 0.3) is 0 Å². The first-order chi connectivity index (χ1) is 9.96. The van der Waals surface area contributed by atoms with Gasteiger partial charge < -0.3 is 14.6 Å². The van der Waals surface area contributed by atoms with Crippen LogP contribution in [0.15, 0.2) is 23.1 Å². The maximum absolute atomic E-state index is 12.7. The standard InChI is InChI=1S/C14H19NO5S/c1-20-12-7-6-11(14(16)17)10-13(12)21(18,19)15-8-4-2-3-5-9-15/h6-7,10H,2-5,8-9H2,1H3,(H,16,17)/p-1. The van der Waals surface area contributed by atoms with Crippen molar-refractivity contribution in [2.24, 2.45) is 0 Å². The Hall–Kier alpha value is -1.60. The van der Waals surface area contributed by atoms with Crippen LogP contribution in [-0.4, -0.2) is 38.9 Å². The van der Waals surface area contributed by atoms with Crippen molar-refractivity contribution < 1.29 is 23.1 Å². The first-order valence-electron chi connectivity index (χ1n) is 6.86. The van der Waals surface area contributed by atoms with E-state index in [9.17, 15) is 18.3 Å². The van der Waals surface area contributed by atoms with Crippen LogP contribution in [0.1, 0.15) is 36.0 Å². The lowest BCUT2D eigenvalue weighted by atomic mass is 10.2. The van der Waals surface area contributed by atoms with Crippen molar-refractivity contribution in [2.45, 2.75) is 30.6 Å². The van der Waals surface area contributed by atoms with Gasteiger partial charge in [-0.2, -0.15) is 4.31 Å². The van der Waals surface area contributed by atoms with Crippen molar-refractivity contribution in [3.63, 3.8) is 0 Å². The van der Waals surface area contributed by atoms with Gasteiger partial charge in [-0.25, -0.2) is 8.42 Å². The molecule has 0 bridgehead atoms. The molecule has 1 aromatic carbocycles. The van der Waals surface area contributed by atoms with Crippen molar-refractivity contribution in [2.75, 3.05) is 20.2 Å². The molecule has 1 aromatic rings. The molecule has 0 spiro atoms. The Morgan fingerprint density at radius 2 is 1.81 bits per heavy atom. The van der Waals surface area contributed by atoms with Crippen LogP contribution in [-0.2, 0) is 10.0 Å². The first kappa shape index (κ1) is 15.8. The zero-order chi connectivity index (χ0) is 15.5. The van der Waals surface area contributed by atoms with Gasteiger partial charge in [-0.05, 0) is 36.6 Å². The molecule has 0 atom stereocenters. The molecular weight excluding hydrogens is 294 g/mol.